The second kappa shape index (κ2) is 6.02. The number of rotatable bonds is 5. The van der Waals surface area contributed by atoms with Crippen molar-refractivity contribution in [1.82, 2.24) is 0 Å². The highest BCUT2D eigenvalue weighted by atomic mass is 35.5. The van der Waals surface area contributed by atoms with Crippen LogP contribution >= 0.6 is 31.0 Å². The molecule has 0 aromatic heterocycles. The van der Waals surface area contributed by atoms with E-state index in [-0.39, 0.29) is 10.8 Å². The number of hydrogen-bond acceptors (Lipinski definition) is 4. The third-order valence-electron chi connectivity index (χ3n) is 1.46. The molecule has 0 aliphatic carbocycles. The first-order chi connectivity index (χ1) is 7.78. The summed E-state index contributed by atoms with van der Waals surface area (Å²) in [6, 6.07) is 4.48. The standard InChI is InChI=1S/C8H9Cl2O6P/c1-5(15-16-17(11,12)13)14-8-3-2-6(9)4-7(8)10/h2-5H,1H3,(H2,11,12,13). The molecule has 0 heterocycles. The highest BCUT2D eigenvalue weighted by Gasteiger charge is 2.19. The first kappa shape index (κ1) is 14.7. The molecule has 0 radical (unpaired) electrons. The SMILES string of the molecule is CC(OOP(=O)(O)O)Oc1ccc(Cl)cc1Cl. The molecule has 96 valence electrons. The van der Waals surface area contributed by atoms with Gasteiger partial charge in [-0.25, -0.2) is 4.57 Å². The Bertz CT molecular complexity index is 434. The summed E-state index contributed by atoms with van der Waals surface area (Å²) in [5.41, 5.74) is 0. The zero-order valence-corrected chi connectivity index (χ0v) is 10.9. The van der Waals surface area contributed by atoms with Gasteiger partial charge in [0.15, 0.2) is 0 Å². The van der Waals surface area contributed by atoms with Gasteiger partial charge in [-0.05, 0) is 18.2 Å². The Morgan fingerprint density at radius 1 is 1.35 bits per heavy atom. The van der Waals surface area contributed by atoms with Crippen molar-refractivity contribution in [3.8, 4) is 5.75 Å². The molecule has 9 heteroatoms. The first-order valence-corrected chi connectivity index (χ1v) is 6.59. The Labute approximate surface area is 107 Å². The fourth-order valence-electron chi connectivity index (χ4n) is 0.886. The smallest absolute Gasteiger partial charge is 0.461 e. The van der Waals surface area contributed by atoms with Gasteiger partial charge in [-0.15, -0.1) is 4.67 Å². The zero-order chi connectivity index (χ0) is 13.1. The molecule has 0 fully saturated rings. The maximum atomic E-state index is 10.3. The average Bonchev–Trinajstić information content (AvgIpc) is 2.18. The predicted octanol–water partition coefficient (Wildman–Crippen LogP) is 2.76. The molecule has 0 saturated heterocycles. The van der Waals surface area contributed by atoms with Gasteiger partial charge in [0.1, 0.15) is 5.75 Å². The molecule has 0 aliphatic heterocycles. The molecule has 1 rings (SSSR count). The lowest BCUT2D eigenvalue weighted by atomic mass is 10.3. The van der Waals surface area contributed by atoms with Crippen molar-refractivity contribution in [2.45, 2.75) is 13.2 Å². The third kappa shape index (κ3) is 5.70. The fourth-order valence-corrected chi connectivity index (χ4v) is 1.57. The molecule has 0 bridgehead atoms. The van der Waals surface area contributed by atoms with Gasteiger partial charge in [0.05, 0.1) is 5.02 Å². The van der Waals surface area contributed by atoms with E-state index in [1.54, 1.807) is 6.07 Å². The molecular formula is C8H9Cl2O6P. The Hall–Kier alpha value is -0.330. The lowest BCUT2D eigenvalue weighted by molar-refractivity contribution is -0.300. The van der Waals surface area contributed by atoms with Crippen molar-refractivity contribution in [2.24, 2.45) is 0 Å². The molecule has 1 aromatic rings. The van der Waals surface area contributed by atoms with Crippen LogP contribution in [0, 0.1) is 0 Å². The van der Waals surface area contributed by atoms with E-state index in [1.807, 2.05) is 0 Å². The van der Waals surface area contributed by atoms with Crippen LogP contribution in [0.2, 0.25) is 10.0 Å². The summed E-state index contributed by atoms with van der Waals surface area (Å²) in [5, 5.41) is 0.673. The summed E-state index contributed by atoms with van der Waals surface area (Å²) in [7, 11) is -4.70. The van der Waals surface area contributed by atoms with Crippen LogP contribution in [0.4, 0.5) is 0 Å². The maximum absolute atomic E-state index is 10.3. The maximum Gasteiger partial charge on any atom is 0.497 e. The van der Waals surface area contributed by atoms with Crippen LogP contribution in [-0.2, 0) is 14.1 Å². The van der Waals surface area contributed by atoms with E-state index in [0.717, 1.165) is 0 Å². The molecule has 6 nitrogen and oxygen atoms in total. The minimum Gasteiger partial charge on any atom is -0.461 e. The topological polar surface area (TPSA) is 85.2 Å². The Balaban J connectivity index is 2.56. The van der Waals surface area contributed by atoms with Crippen LogP contribution < -0.4 is 4.74 Å². The van der Waals surface area contributed by atoms with Gasteiger partial charge in [-0.2, -0.15) is 4.89 Å². The Morgan fingerprint density at radius 2 is 2.00 bits per heavy atom. The van der Waals surface area contributed by atoms with Crippen molar-refractivity contribution >= 4 is 31.0 Å². The normalized spacial score (nSPS) is 13.5. The van der Waals surface area contributed by atoms with Crippen LogP contribution in [0.5, 0.6) is 5.75 Å². The van der Waals surface area contributed by atoms with Gasteiger partial charge in [0, 0.05) is 11.9 Å². The summed E-state index contributed by atoms with van der Waals surface area (Å²) in [5.74, 6) is 0.248. The van der Waals surface area contributed by atoms with Crippen LogP contribution in [0.15, 0.2) is 18.2 Å². The molecule has 2 N–H and O–H groups in total. The van der Waals surface area contributed by atoms with E-state index in [9.17, 15) is 4.57 Å². The third-order valence-corrected chi connectivity index (χ3v) is 2.27. The monoisotopic (exact) mass is 302 g/mol. The second-order valence-electron chi connectivity index (χ2n) is 2.92. The highest BCUT2D eigenvalue weighted by Crippen LogP contribution is 2.37. The minimum absolute atomic E-state index is 0.240. The largest absolute Gasteiger partial charge is 0.497 e. The molecule has 0 saturated carbocycles. The summed E-state index contributed by atoms with van der Waals surface area (Å²) in [6.07, 6.45) is -1.05. The summed E-state index contributed by atoms with van der Waals surface area (Å²) in [4.78, 5) is 21.1. The second-order valence-corrected chi connectivity index (χ2v) is 4.90. The molecule has 17 heavy (non-hydrogen) atoms. The van der Waals surface area contributed by atoms with E-state index in [0.29, 0.717) is 5.02 Å². The number of ether oxygens (including phenoxy) is 1. The molecule has 0 aliphatic rings. The van der Waals surface area contributed by atoms with E-state index in [1.165, 1.54) is 19.1 Å². The lowest BCUT2D eigenvalue weighted by Crippen LogP contribution is -2.16. The average molecular weight is 303 g/mol. The predicted molar refractivity (Wildman–Crippen MR) is 60.8 cm³/mol. The number of hydrogen-bond donors (Lipinski definition) is 2. The number of benzene rings is 1. The zero-order valence-electron chi connectivity index (χ0n) is 8.54. The summed E-state index contributed by atoms with van der Waals surface area (Å²) in [6.45, 7) is 1.38. The van der Waals surface area contributed by atoms with Gasteiger partial charge >= 0.3 is 7.82 Å². The Morgan fingerprint density at radius 3 is 2.53 bits per heavy atom. The van der Waals surface area contributed by atoms with Gasteiger partial charge in [-0.1, -0.05) is 23.2 Å². The van der Waals surface area contributed by atoms with Gasteiger partial charge in [0.25, 0.3) is 0 Å². The molecule has 1 atom stereocenters. The fraction of sp³-hybridized carbons (Fsp3) is 0.250. The van der Waals surface area contributed by atoms with Crippen molar-refractivity contribution < 1.29 is 28.7 Å². The van der Waals surface area contributed by atoms with Crippen LogP contribution in [0.25, 0.3) is 0 Å². The number of halogens is 2. The van der Waals surface area contributed by atoms with E-state index < -0.39 is 14.1 Å². The quantitative estimate of drug-likeness (QED) is 0.376. The first-order valence-electron chi connectivity index (χ1n) is 4.30. The van der Waals surface area contributed by atoms with Gasteiger partial charge in [0.2, 0.25) is 6.29 Å². The highest BCUT2D eigenvalue weighted by molar-refractivity contribution is 7.46. The molecule has 1 aromatic carbocycles. The Kier molecular flexibility index (Phi) is 5.22. The van der Waals surface area contributed by atoms with Gasteiger partial charge in [-0.3, -0.25) is 0 Å². The van der Waals surface area contributed by atoms with Crippen molar-refractivity contribution in [3.63, 3.8) is 0 Å². The van der Waals surface area contributed by atoms with Crippen LogP contribution in [0.3, 0.4) is 0 Å². The lowest BCUT2D eigenvalue weighted by Gasteiger charge is -2.15. The number of phosphoric acid groups is 1. The van der Waals surface area contributed by atoms with Crippen molar-refractivity contribution in [2.75, 3.05) is 0 Å². The summed E-state index contributed by atoms with van der Waals surface area (Å²) >= 11 is 11.5. The van der Waals surface area contributed by atoms with Crippen molar-refractivity contribution in [3.05, 3.63) is 28.2 Å². The van der Waals surface area contributed by atoms with Crippen LogP contribution in [0.1, 0.15) is 6.92 Å². The molecular weight excluding hydrogens is 294 g/mol. The molecule has 1 unspecified atom stereocenters. The van der Waals surface area contributed by atoms with E-state index in [2.05, 4.69) is 9.56 Å². The van der Waals surface area contributed by atoms with E-state index in [4.69, 9.17) is 37.7 Å². The molecule has 0 amide bonds. The van der Waals surface area contributed by atoms with E-state index >= 15 is 0 Å². The minimum atomic E-state index is -4.70. The van der Waals surface area contributed by atoms with Gasteiger partial charge < -0.3 is 14.5 Å². The summed E-state index contributed by atoms with van der Waals surface area (Å²) < 4.78 is 19.3. The molecule has 0 spiro atoms. The van der Waals surface area contributed by atoms with Crippen LogP contribution in [-0.4, -0.2) is 16.1 Å². The van der Waals surface area contributed by atoms with Crippen molar-refractivity contribution in [1.29, 1.82) is 0 Å².